The van der Waals surface area contributed by atoms with Crippen LogP contribution >= 0.6 is 0 Å². The van der Waals surface area contributed by atoms with Gasteiger partial charge < -0.3 is 9.84 Å². The molecule has 0 amide bonds. The van der Waals surface area contributed by atoms with E-state index in [0.29, 0.717) is 25.4 Å². The van der Waals surface area contributed by atoms with E-state index in [1.54, 1.807) is 0 Å². The Morgan fingerprint density at radius 2 is 2.13 bits per heavy atom. The van der Waals surface area contributed by atoms with E-state index in [9.17, 15) is 14.7 Å². The second-order valence-electron chi connectivity index (χ2n) is 6.72. The summed E-state index contributed by atoms with van der Waals surface area (Å²) in [7, 11) is 2.07. The Bertz CT molecular complexity index is 359. The molecule has 4 nitrogen and oxygen atoms in total. The molecule has 1 aliphatic heterocycles. The number of cyclic esters (lactones) is 1. The average Bonchev–Trinajstić information content (AvgIpc) is 2.74. The highest BCUT2D eigenvalue weighted by molar-refractivity contribution is 6.35. The first kappa shape index (κ1) is 20.2. The molecule has 23 heavy (non-hydrogen) atoms. The van der Waals surface area contributed by atoms with Crippen molar-refractivity contribution in [3.8, 4) is 0 Å². The van der Waals surface area contributed by atoms with Crippen LogP contribution in [0, 0.1) is 11.8 Å². The van der Waals surface area contributed by atoms with Crippen molar-refractivity contribution >= 4 is 19.0 Å². The minimum absolute atomic E-state index is 0.0159. The first-order valence-corrected chi connectivity index (χ1v) is 9.22. The Balaban J connectivity index is 2.49. The predicted molar refractivity (Wildman–Crippen MR) is 92.6 cm³/mol. The van der Waals surface area contributed by atoms with Crippen molar-refractivity contribution in [2.45, 2.75) is 77.4 Å². The van der Waals surface area contributed by atoms with Gasteiger partial charge in [-0.15, -0.1) is 0 Å². The van der Waals surface area contributed by atoms with E-state index in [0.717, 1.165) is 32.1 Å². The molecule has 131 valence electrons. The summed E-state index contributed by atoms with van der Waals surface area (Å²) in [6.07, 6.45) is 7.92. The van der Waals surface area contributed by atoms with E-state index < -0.39 is 5.92 Å². The summed E-state index contributed by atoms with van der Waals surface area (Å²) >= 11 is 0. The van der Waals surface area contributed by atoms with Gasteiger partial charge in [-0.3, -0.25) is 9.59 Å². The Morgan fingerprint density at radius 1 is 1.35 bits per heavy atom. The molecule has 3 atom stereocenters. The number of hydrogen-bond acceptors (Lipinski definition) is 4. The topological polar surface area (TPSA) is 63.6 Å². The first-order valence-electron chi connectivity index (χ1n) is 9.22. The molecule has 1 heterocycles. The van der Waals surface area contributed by atoms with E-state index in [2.05, 4.69) is 14.2 Å². The minimum atomic E-state index is -0.593. The summed E-state index contributed by atoms with van der Waals surface area (Å²) in [5.41, 5.74) is 0. The van der Waals surface area contributed by atoms with E-state index >= 15 is 0 Å². The van der Waals surface area contributed by atoms with Gasteiger partial charge in [0.25, 0.3) is 0 Å². The van der Waals surface area contributed by atoms with Crippen LogP contribution in [0.2, 0.25) is 12.6 Å². The van der Waals surface area contributed by atoms with Crippen molar-refractivity contribution in [1.29, 1.82) is 0 Å². The smallest absolute Gasteiger partial charge is 0.316 e. The number of unbranched alkanes of at least 4 members (excludes halogenated alkanes) is 2. The zero-order valence-electron chi connectivity index (χ0n) is 14.8. The summed E-state index contributed by atoms with van der Waals surface area (Å²) < 4.78 is 5.18. The molecule has 3 unspecified atom stereocenters. The molecule has 1 N–H and O–H groups in total. The van der Waals surface area contributed by atoms with Gasteiger partial charge in [0.1, 0.15) is 19.0 Å². The molecule has 0 aliphatic carbocycles. The fraction of sp³-hybridized carbons (Fsp3) is 0.889. The Morgan fingerprint density at radius 3 is 2.78 bits per heavy atom. The third kappa shape index (κ3) is 7.51. The summed E-state index contributed by atoms with van der Waals surface area (Å²) in [4.78, 5) is 24.5. The molecular formula is C18H32BO4. The maximum atomic E-state index is 12.5. The number of carbonyl (C=O) groups excluding carboxylic acids is 2. The molecule has 0 aromatic carbocycles. The number of carbonyl (C=O) groups is 2. The highest BCUT2D eigenvalue weighted by Crippen LogP contribution is 2.28. The quantitative estimate of drug-likeness (QED) is 0.274. The van der Waals surface area contributed by atoms with Crippen LogP contribution in [0.3, 0.4) is 0 Å². The van der Waals surface area contributed by atoms with Crippen LogP contribution in [0.25, 0.3) is 0 Å². The lowest BCUT2D eigenvalue weighted by Gasteiger charge is -2.18. The van der Waals surface area contributed by atoms with Crippen LogP contribution < -0.4 is 0 Å². The zero-order chi connectivity index (χ0) is 17.1. The van der Waals surface area contributed by atoms with Gasteiger partial charge in [-0.2, -0.15) is 0 Å². The minimum Gasteiger partial charge on any atom is -0.465 e. The Hall–Kier alpha value is -0.835. The molecule has 0 saturated carbocycles. The van der Waals surface area contributed by atoms with Gasteiger partial charge in [-0.25, -0.2) is 0 Å². The molecule has 5 heteroatoms. The van der Waals surface area contributed by atoms with Gasteiger partial charge in [0.15, 0.2) is 0 Å². The first-order chi connectivity index (χ1) is 11.1. The van der Waals surface area contributed by atoms with Crippen LogP contribution in [0.5, 0.6) is 0 Å². The van der Waals surface area contributed by atoms with Gasteiger partial charge in [0, 0.05) is 13.0 Å². The summed E-state index contributed by atoms with van der Waals surface area (Å²) in [5, 5.41) is 9.19. The number of aliphatic hydroxyl groups excluding tert-OH is 1. The normalized spacial score (nSPS) is 23.0. The molecule has 0 spiro atoms. The second kappa shape index (κ2) is 11.7. The van der Waals surface area contributed by atoms with Crippen molar-refractivity contribution in [2.75, 3.05) is 13.2 Å². The van der Waals surface area contributed by atoms with E-state index in [1.165, 1.54) is 12.8 Å². The van der Waals surface area contributed by atoms with Gasteiger partial charge in [0.2, 0.25) is 0 Å². The van der Waals surface area contributed by atoms with Gasteiger partial charge in [-0.1, -0.05) is 45.2 Å². The molecule has 0 aromatic heterocycles. The predicted octanol–water partition coefficient (Wildman–Crippen LogP) is 3.41. The molecule has 1 saturated heterocycles. The number of rotatable bonds is 11. The van der Waals surface area contributed by atoms with Crippen molar-refractivity contribution in [1.82, 2.24) is 0 Å². The largest absolute Gasteiger partial charge is 0.465 e. The van der Waals surface area contributed by atoms with E-state index in [-0.39, 0.29) is 24.2 Å². The third-order valence-corrected chi connectivity index (χ3v) is 4.97. The number of Topliss-reactive ketones (excluding diaryl/α,β-unsaturated/α-hetero) is 1. The molecule has 1 radical (unpaired) electrons. The molecule has 1 rings (SSSR count). The highest BCUT2D eigenvalue weighted by atomic mass is 16.5. The maximum Gasteiger partial charge on any atom is 0.316 e. The Kier molecular flexibility index (Phi) is 10.2. The SMILES string of the molecule is C[B]C1CCOC(=O)C(C(=O)CCC(CCO)CCCCC)C1. The monoisotopic (exact) mass is 323 g/mol. The third-order valence-electron chi connectivity index (χ3n) is 4.97. The molecule has 0 bridgehead atoms. The van der Waals surface area contributed by atoms with Crippen LogP contribution in [-0.4, -0.2) is 37.4 Å². The van der Waals surface area contributed by atoms with Crippen molar-refractivity contribution < 1.29 is 19.4 Å². The highest BCUT2D eigenvalue weighted by Gasteiger charge is 2.32. The molecule has 1 fully saturated rings. The number of hydrogen-bond donors (Lipinski definition) is 1. The van der Waals surface area contributed by atoms with E-state index in [1.807, 2.05) is 6.82 Å². The maximum absolute atomic E-state index is 12.5. The van der Waals surface area contributed by atoms with Crippen LogP contribution in [0.15, 0.2) is 0 Å². The van der Waals surface area contributed by atoms with Gasteiger partial charge in [0.05, 0.1) is 6.61 Å². The van der Waals surface area contributed by atoms with Crippen molar-refractivity contribution in [3.63, 3.8) is 0 Å². The Labute approximate surface area is 141 Å². The lowest BCUT2D eigenvalue weighted by Crippen LogP contribution is -2.26. The number of aliphatic hydroxyl groups is 1. The fourth-order valence-electron chi connectivity index (χ4n) is 3.31. The van der Waals surface area contributed by atoms with Gasteiger partial charge in [-0.05, 0) is 31.6 Å². The molecule has 0 aromatic rings. The van der Waals surface area contributed by atoms with E-state index in [4.69, 9.17) is 4.74 Å². The lowest BCUT2D eigenvalue weighted by molar-refractivity contribution is -0.151. The van der Waals surface area contributed by atoms with Crippen molar-refractivity contribution in [3.05, 3.63) is 0 Å². The average molecular weight is 323 g/mol. The lowest BCUT2D eigenvalue weighted by atomic mass is 9.62. The van der Waals surface area contributed by atoms with Gasteiger partial charge >= 0.3 is 5.97 Å². The number of esters is 1. The number of ether oxygens (including phenoxy) is 1. The summed E-state index contributed by atoms with van der Waals surface area (Å²) in [6.45, 7) is 4.74. The zero-order valence-corrected chi connectivity index (χ0v) is 14.8. The van der Waals surface area contributed by atoms with Crippen molar-refractivity contribution in [2.24, 2.45) is 11.8 Å². The second-order valence-corrected chi connectivity index (χ2v) is 6.72. The molecular weight excluding hydrogens is 291 g/mol. The standard InChI is InChI=1S/C18H32BO4/c1-3-4-5-6-14(9-11-20)7-8-17(21)16-13-15(19-2)10-12-23-18(16)22/h14-16,20H,3-13H2,1-2H3. The van der Waals surface area contributed by atoms with Crippen LogP contribution in [-0.2, 0) is 14.3 Å². The fourth-order valence-corrected chi connectivity index (χ4v) is 3.31. The van der Waals surface area contributed by atoms with Crippen LogP contribution in [0.4, 0.5) is 0 Å². The number of ketones is 1. The van der Waals surface area contributed by atoms with Crippen LogP contribution in [0.1, 0.15) is 64.7 Å². The molecule has 1 aliphatic rings. The summed E-state index contributed by atoms with van der Waals surface area (Å²) in [6, 6.07) is 0. The summed E-state index contributed by atoms with van der Waals surface area (Å²) in [5.74, 6) is -0.255.